The lowest BCUT2D eigenvalue weighted by Gasteiger charge is -2.44. The van der Waals surface area contributed by atoms with Gasteiger partial charge in [-0.2, -0.15) is 0 Å². The van der Waals surface area contributed by atoms with Crippen molar-refractivity contribution in [3.8, 4) is 0 Å². The number of carboxylic acids is 1. The molecule has 1 aliphatic heterocycles. The fourth-order valence-corrected chi connectivity index (χ4v) is 5.62. The highest BCUT2D eigenvalue weighted by molar-refractivity contribution is 5.72. The molecule has 3 rings (SSSR count). The van der Waals surface area contributed by atoms with Gasteiger partial charge in [0.2, 0.25) is 0 Å². The van der Waals surface area contributed by atoms with Gasteiger partial charge in [0.1, 0.15) is 0 Å². The third-order valence-corrected chi connectivity index (χ3v) is 7.51. The summed E-state index contributed by atoms with van der Waals surface area (Å²) in [6.07, 6.45) is 14.5. The van der Waals surface area contributed by atoms with Gasteiger partial charge in [-0.05, 0) is 57.3 Å². The molecule has 2 aliphatic carbocycles. The van der Waals surface area contributed by atoms with Gasteiger partial charge in [-0.15, -0.1) is 0 Å². The summed E-state index contributed by atoms with van der Waals surface area (Å²) in [6.45, 7) is 6.45. The number of aliphatic carboxylic acids is 1. The summed E-state index contributed by atoms with van der Waals surface area (Å²) >= 11 is 0. The molecule has 3 aliphatic rings. The average molecular weight is 440 g/mol. The van der Waals surface area contributed by atoms with Crippen LogP contribution in [0, 0.1) is 5.92 Å². The number of unbranched alkanes of at least 4 members (excludes halogenated alkanes) is 3. The molecule has 1 heterocycles. The summed E-state index contributed by atoms with van der Waals surface area (Å²) in [6, 6.07) is 0.594. The van der Waals surface area contributed by atoms with Crippen LogP contribution >= 0.6 is 0 Å². The Hall–Kier alpha value is -0.690. The van der Waals surface area contributed by atoms with E-state index in [0.717, 1.165) is 64.8 Å². The fraction of sp³-hybridized carbons (Fsp3) is 0.960. The monoisotopic (exact) mass is 439 g/mol. The van der Waals surface area contributed by atoms with Crippen molar-refractivity contribution in [3.63, 3.8) is 0 Å². The van der Waals surface area contributed by atoms with Crippen LogP contribution in [0.15, 0.2) is 0 Å². The number of fused-ring (bicyclic) bond motifs is 1. The first kappa shape index (κ1) is 24.9. The Morgan fingerprint density at radius 1 is 1.06 bits per heavy atom. The Kier molecular flexibility index (Phi) is 11.1. The van der Waals surface area contributed by atoms with Crippen molar-refractivity contribution in [2.45, 2.75) is 115 Å². The molecule has 6 heteroatoms. The fourth-order valence-electron chi connectivity index (χ4n) is 5.62. The van der Waals surface area contributed by atoms with Crippen molar-refractivity contribution in [1.29, 1.82) is 0 Å². The smallest absolute Gasteiger partial charge is 0.332 e. The molecular weight excluding hydrogens is 394 g/mol. The summed E-state index contributed by atoms with van der Waals surface area (Å²) in [5, 5.41) is 9.52. The van der Waals surface area contributed by atoms with Crippen LogP contribution in [0.25, 0.3) is 0 Å². The number of morpholine rings is 1. The maximum Gasteiger partial charge on any atom is 0.332 e. The van der Waals surface area contributed by atoms with E-state index in [1.807, 2.05) is 0 Å². The first-order valence-corrected chi connectivity index (χ1v) is 13.0. The number of rotatable bonds is 13. The minimum Gasteiger partial charge on any atom is -0.479 e. The van der Waals surface area contributed by atoms with E-state index in [9.17, 15) is 9.90 Å². The Balaban J connectivity index is 1.29. The second kappa shape index (κ2) is 13.8. The molecule has 0 aromatic carbocycles. The summed E-state index contributed by atoms with van der Waals surface area (Å²) in [7, 11) is 0. The summed E-state index contributed by atoms with van der Waals surface area (Å²) in [5.74, 6) is -0.362. The molecule has 0 bridgehead atoms. The normalized spacial score (nSPS) is 30.6. The molecule has 1 saturated heterocycles. The lowest BCUT2D eigenvalue weighted by atomic mass is 9.84. The zero-order chi connectivity index (χ0) is 21.9. The molecule has 180 valence electrons. The number of hydrogen-bond donors (Lipinski definition) is 1. The largest absolute Gasteiger partial charge is 0.479 e. The molecule has 0 aromatic rings. The van der Waals surface area contributed by atoms with E-state index < -0.39 is 12.1 Å². The highest BCUT2D eigenvalue weighted by Gasteiger charge is 2.34. The van der Waals surface area contributed by atoms with Crippen LogP contribution in [-0.2, 0) is 19.0 Å². The molecule has 0 spiro atoms. The molecule has 0 radical (unpaired) electrons. The lowest BCUT2D eigenvalue weighted by molar-refractivity contribution is -0.152. The van der Waals surface area contributed by atoms with Gasteiger partial charge in [0, 0.05) is 25.7 Å². The SMILES string of the molecule is CCCCCCOC(CC1CCC(OCCN2CCOC3CCCCC32)CC1)C(=O)O. The highest BCUT2D eigenvalue weighted by atomic mass is 16.5. The molecule has 31 heavy (non-hydrogen) atoms. The molecule has 0 amide bonds. The molecule has 3 fully saturated rings. The molecule has 0 aromatic heterocycles. The number of ether oxygens (including phenoxy) is 3. The van der Waals surface area contributed by atoms with E-state index in [0.29, 0.717) is 37.2 Å². The quantitative estimate of drug-likeness (QED) is 0.422. The van der Waals surface area contributed by atoms with Gasteiger partial charge in [0.15, 0.2) is 6.10 Å². The van der Waals surface area contributed by atoms with Crippen molar-refractivity contribution in [3.05, 3.63) is 0 Å². The molecule has 3 unspecified atom stereocenters. The number of carboxylic acid groups (broad SMARTS) is 1. The third kappa shape index (κ3) is 8.30. The van der Waals surface area contributed by atoms with Crippen LogP contribution in [0.3, 0.4) is 0 Å². The molecular formula is C25H45NO5. The number of nitrogens with zero attached hydrogens (tertiary/aromatic N) is 1. The first-order chi connectivity index (χ1) is 15.2. The van der Waals surface area contributed by atoms with E-state index >= 15 is 0 Å². The highest BCUT2D eigenvalue weighted by Crippen LogP contribution is 2.31. The van der Waals surface area contributed by atoms with E-state index in [1.54, 1.807) is 0 Å². The Morgan fingerprint density at radius 2 is 1.87 bits per heavy atom. The van der Waals surface area contributed by atoms with Gasteiger partial charge in [-0.25, -0.2) is 4.79 Å². The Bertz CT molecular complexity index is 506. The Labute approximate surface area is 189 Å². The van der Waals surface area contributed by atoms with E-state index in [1.165, 1.54) is 38.5 Å². The first-order valence-electron chi connectivity index (χ1n) is 13.0. The van der Waals surface area contributed by atoms with Crippen molar-refractivity contribution in [2.24, 2.45) is 5.92 Å². The topological polar surface area (TPSA) is 68.2 Å². The average Bonchev–Trinajstić information content (AvgIpc) is 2.79. The molecule has 2 saturated carbocycles. The summed E-state index contributed by atoms with van der Waals surface area (Å²) in [5.41, 5.74) is 0. The van der Waals surface area contributed by atoms with E-state index in [2.05, 4.69) is 11.8 Å². The molecule has 1 N–H and O–H groups in total. The second-order valence-electron chi connectivity index (χ2n) is 9.80. The minimum absolute atomic E-state index is 0.331. The standard InChI is InChI=1S/C25H45NO5/c1-2-3-4-7-16-30-24(25(27)28)19-20-10-12-21(13-11-20)29-17-14-26-15-18-31-23-9-6-5-8-22(23)26/h20-24H,2-19H2,1H3,(H,27,28). The predicted octanol–water partition coefficient (Wildman–Crippen LogP) is 4.65. The summed E-state index contributed by atoms with van der Waals surface area (Å²) in [4.78, 5) is 14.2. The number of hydrogen-bond acceptors (Lipinski definition) is 5. The van der Waals surface area contributed by atoms with E-state index in [-0.39, 0.29) is 0 Å². The lowest BCUT2D eigenvalue weighted by Crippen LogP contribution is -2.53. The predicted molar refractivity (Wildman–Crippen MR) is 121 cm³/mol. The van der Waals surface area contributed by atoms with Crippen molar-refractivity contribution in [2.75, 3.05) is 32.9 Å². The summed E-state index contributed by atoms with van der Waals surface area (Å²) < 4.78 is 17.9. The van der Waals surface area contributed by atoms with Crippen LogP contribution in [0.5, 0.6) is 0 Å². The maximum atomic E-state index is 11.6. The van der Waals surface area contributed by atoms with Crippen molar-refractivity contribution < 1.29 is 24.1 Å². The van der Waals surface area contributed by atoms with Crippen LogP contribution in [0.2, 0.25) is 0 Å². The van der Waals surface area contributed by atoms with Gasteiger partial charge < -0.3 is 19.3 Å². The van der Waals surface area contributed by atoms with Crippen molar-refractivity contribution in [1.82, 2.24) is 4.90 Å². The van der Waals surface area contributed by atoms with Gasteiger partial charge in [-0.1, -0.05) is 39.0 Å². The van der Waals surface area contributed by atoms with Gasteiger partial charge in [-0.3, -0.25) is 4.90 Å². The second-order valence-corrected chi connectivity index (χ2v) is 9.80. The number of carbonyl (C=O) groups is 1. The minimum atomic E-state index is -0.805. The van der Waals surface area contributed by atoms with Crippen LogP contribution in [0.4, 0.5) is 0 Å². The van der Waals surface area contributed by atoms with Crippen LogP contribution in [0.1, 0.15) is 90.4 Å². The molecule has 3 atom stereocenters. The maximum absolute atomic E-state index is 11.6. The third-order valence-electron chi connectivity index (χ3n) is 7.51. The van der Waals surface area contributed by atoms with Gasteiger partial charge in [0.05, 0.1) is 25.4 Å². The van der Waals surface area contributed by atoms with E-state index in [4.69, 9.17) is 14.2 Å². The van der Waals surface area contributed by atoms with Gasteiger partial charge in [0.25, 0.3) is 0 Å². The van der Waals surface area contributed by atoms with Crippen LogP contribution < -0.4 is 0 Å². The zero-order valence-corrected chi connectivity index (χ0v) is 19.6. The zero-order valence-electron chi connectivity index (χ0n) is 19.6. The van der Waals surface area contributed by atoms with Crippen LogP contribution in [-0.4, -0.2) is 73.2 Å². The Morgan fingerprint density at radius 3 is 2.65 bits per heavy atom. The molecule has 6 nitrogen and oxygen atoms in total. The van der Waals surface area contributed by atoms with Gasteiger partial charge >= 0.3 is 5.97 Å². The van der Waals surface area contributed by atoms with Crippen molar-refractivity contribution >= 4 is 5.97 Å².